The Hall–Kier alpha value is -4.04. The molecule has 1 saturated heterocycles. The molecule has 0 spiro atoms. The van der Waals surface area contributed by atoms with Gasteiger partial charge in [0.25, 0.3) is 0 Å². The third-order valence-corrected chi connectivity index (χ3v) is 7.78. The summed E-state index contributed by atoms with van der Waals surface area (Å²) in [5, 5.41) is 4.91. The summed E-state index contributed by atoms with van der Waals surface area (Å²) >= 11 is 18.6. The molecule has 1 aliphatic rings. The van der Waals surface area contributed by atoms with Gasteiger partial charge in [-0.2, -0.15) is 0 Å². The number of methoxy groups -OCH3 is 1. The van der Waals surface area contributed by atoms with E-state index in [4.69, 9.17) is 49.3 Å². The average molecular weight is 589 g/mol. The van der Waals surface area contributed by atoms with Crippen molar-refractivity contribution in [2.24, 2.45) is 0 Å². The van der Waals surface area contributed by atoms with Crippen LogP contribution in [0.3, 0.4) is 0 Å². The first kappa shape index (κ1) is 26.2. The number of halogens is 2. The highest BCUT2D eigenvalue weighted by molar-refractivity contribution is 7.80. The van der Waals surface area contributed by atoms with Crippen molar-refractivity contribution in [3.63, 3.8) is 0 Å². The predicted octanol–water partition coefficient (Wildman–Crippen LogP) is 8.63. The van der Waals surface area contributed by atoms with Crippen molar-refractivity contribution in [3.8, 4) is 28.6 Å². The number of furan rings is 1. The van der Waals surface area contributed by atoms with Gasteiger partial charge in [-0.05, 0) is 97.1 Å². The van der Waals surface area contributed by atoms with Crippen molar-refractivity contribution < 1.29 is 13.9 Å². The summed E-state index contributed by atoms with van der Waals surface area (Å²) in [6, 6.07) is 29.7. The number of nitrogens with zero attached hydrogens (tertiary/aromatic N) is 2. The molecular weight excluding hydrogens is 565 g/mol. The summed E-state index contributed by atoms with van der Waals surface area (Å²) < 4.78 is 17.7. The second-order valence-corrected chi connectivity index (χ2v) is 10.2. The minimum absolute atomic E-state index is 0.252. The highest BCUT2D eigenvalue weighted by Gasteiger charge is 2.42. The van der Waals surface area contributed by atoms with Gasteiger partial charge in [0.1, 0.15) is 34.8 Å². The maximum absolute atomic E-state index is 6.49. The lowest BCUT2D eigenvalue weighted by molar-refractivity contribution is 0.413. The third kappa shape index (κ3) is 5.11. The number of ether oxygens (including phenoxy) is 2. The lowest BCUT2D eigenvalue weighted by Crippen LogP contribution is -2.29. The van der Waals surface area contributed by atoms with Gasteiger partial charge in [0, 0.05) is 17.4 Å². The fraction of sp³-hybridized carbons (Fsp3) is 0.0968. The Kier molecular flexibility index (Phi) is 7.34. The zero-order valence-electron chi connectivity index (χ0n) is 21.3. The van der Waals surface area contributed by atoms with Crippen LogP contribution in [0.2, 0.25) is 10.0 Å². The van der Waals surface area contributed by atoms with Crippen LogP contribution in [0.1, 0.15) is 23.5 Å². The van der Waals surface area contributed by atoms with Crippen molar-refractivity contribution in [2.75, 3.05) is 12.0 Å². The summed E-state index contributed by atoms with van der Waals surface area (Å²) in [7, 11) is 1.63. The molecule has 0 bridgehead atoms. The van der Waals surface area contributed by atoms with Gasteiger partial charge in [-0.3, -0.25) is 4.98 Å². The van der Waals surface area contributed by atoms with E-state index in [9.17, 15) is 0 Å². The van der Waals surface area contributed by atoms with Gasteiger partial charge in [-0.15, -0.1) is 0 Å². The van der Waals surface area contributed by atoms with Crippen molar-refractivity contribution in [1.29, 1.82) is 0 Å². The molecule has 3 aromatic carbocycles. The van der Waals surface area contributed by atoms with Gasteiger partial charge in [-0.1, -0.05) is 35.3 Å². The molecule has 0 amide bonds. The third-order valence-electron chi connectivity index (χ3n) is 6.64. The zero-order chi connectivity index (χ0) is 27.6. The average Bonchev–Trinajstić information content (AvgIpc) is 3.60. The fourth-order valence-electron chi connectivity index (χ4n) is 4.73. The van der Waals surface area contributed by atoms with Crippen LogP contribution in [-0.2, 0) is 0 Å². The highest BCUT2D eigenvalue weighted by atomic mass is 35.5. The van der Waals surface area contributed by atoms with Crippen LogP contribution in [0.5, 0.6) is 17.2 Å². The Morgan fingerprint density at radius 2 is 1.57 bits per heavy atom. The molecule has 6 nitrogen and oxygen atoms in total. The van der Waals surface area contributed by atoms with Crippen molar-refractivity contribution in [3.05, 3.63) is 125 Å². The molecule has 0 unspecified atom stereocenters. The molecule has 0 saturated carbocycles. The molecule has 200 valence electrons. The highest BCUT2D eigenvalue weighted by Crippen LogP contribution is 2.44. The van der Waals surface area contributed by atoms with E-state index in [0.717, 1.165) is 22.7 Å². The summed E-state index contributed by atoms with van der Waals surface area (Å²) in [6.45, 7) is 0. The van der Waals surface area contributed by atoms with Crippen LogP contribution < -0.4 is 19.7 Å². The fourth-order valence-corrected chi connectivity index (χ4v) is 5.47. The van der Waals surface area contributed by atoms with Gasteiger partial charge in [-0.25, -0.2) is 0 Å². The van der Waals surface area contributed by atoms with Gasteiger partial charge in [0.05, 0.1) is 28.9 Å². The number of rotatable bonds is 7. The van der Waals surface area contributed by atoms with E-state index in [-0.39, 0.29) is 12.1 Å². The molecule has 2 aromatic heterocycles. The van der Waals surface area contributed by atoms with Crippen LogP contribution in [-0.4, -0.2) is 17.2 Å². The molecule has 3 heterocycles. The van der Waals surface area contributed by atoms with Gasteiger partial charge < -0.3 is 24.1 Å². The Morgan fingerprint density at radius 1 is 0.850 bits per heavy atom. The van der Waals surface area contributed by atoms with Gasteiger partial charge in [0.2, 0.25) is 0 Å². The van der Waals surface area contributed by atoms with Crippen LogP contribution in [0.4, 0.5) is 5.69 Å². The summed E-state index contributed by atoms with van der Waals surface area (Å²) in [5.41, 5.74) is 2.44. The normalized spacial score (nSPS) is 16.6. The van der Waals surface area contributed by atoms with E-state index in [1.54, 1.807) is 19.4 Å². The number of hydrogen-bond acceptors (Lipinski definition) is 5. The van der Waals surface area contributed by atoms with E-state index in [1.165, 1.54) is 0 Å². The first-order valence-electron chi connectivity index (χ1n) is 12.5. The molecule has 1 N–H and O–H groups in total. The molecule has 5 aromatic rings. The Bertz CT molecular complexity index is 1640. The minimum atomic E-state index is -0.317. The smallest absolute Gasteiger partial charge is 0.174 e. The predicted molar refractivity (Wildman–Crippen MR) is 162 cm³/mol. The number of anilines is 1. The van der Waals surface area contributed by atoms with E-state index in [1.807, 2.05) is 95.9 Å². The summed E-state index contributed by atoms with van der Waals surface area (Å²) in [5.74, 6) is 3.49. The molecule has 2 atom stereocenters. The minimum Gasteiger partial charge on any atom is -0.497 e. The van der Waals surface area contributed by atoms with Crippen molar-refractivity contribution in [2.45, 2.75) is 12.1 Å². The van der Waals surface area contributed by atoms with Crippen molar-refractivity contribution >= 4 is 46.2 Å². The SMILES string of the molecule is COc1ccc(Oc2ccc(N3C(=S)N[C@@H](c4ccccn4)[C@H]3c3ccc(-c4cccc(Cl)c4Cl)o3)cc2)cc1. The molecule has 9 heteroatoms. The topological polar surface area (TPSA) is 59.8 Å². The molecule has 1 fully saturated rings. The van der Waals surface area contributed by atoms with Gasteiger partial charge >= 0.3 is 0 Å². The van der Waals surface area contributed by atoms with E-state index in [2.05, 4.69) is 10.3 Å². The maximum Gasteiger partial charge on any atom is 0.174 e. The maximum atomic E-state index is 6.49. The standard InChI is InChI=1S/C31H23Cl2N3O3S/c1-37-20-12-14-22(15-13-20)38-21-10-8-19(9-11-21)36-30(29(35-31(36)40)25-7-2-3-18-34-25)27-17-16-26(39-27)23-5-4-6-24(32)28(23)33/h2-18,29-30H,1H3,(H,35,40)/t29-,30+/m0/s1. The molecule has 0 radical (unpaired) electrons. The number of benzene rings is 3. The first-order chi connectivity index (χ1) is 19.5. The Morgan fingerprint density at radius 3 is 2.27 bits per heavy atom. The molecular formula is C31H23Cl2N3O3S. The van der Waals surface area contributed by atoms with E-state index < -0.39 is 0 Å². The molecule has 1 aliphatic heterocycles. The monoisotopic (exact) mass is 587 g/mol. The number of thiocarbonyl (C=S) groups is 1. The second-order valence-electron chi connectivity index (χ2n) is 9.07. The zero-order valence-corrected chi connectivity index (χ0v) is 23.6. The Labute approximate surface area is 247 Å². The van der Waals surface area contributed by atoms with Crippen LogP contribution >= 0.6 is 35.4 Å². The second kappa shape index (κ2) is 11.2. The molecule has 40 heavy (non-hydrogen) atoms. The van der Waals surface area contributed by atoms with Crippen LogP contribution in [0.25, 0.3) is 11.3 Å². The van der Waals surface area contributed by atoms with Crippen LogP contribution in [0, 0.1) is 0 Å². The molecule has 6 rings (SSSR count). The number of aromatic nitrogens is 1. The van der Waals surface area contributed by atoms with Crippen molar-refractivity contribution in [1.82, 2.24) is 10.3 Å². The number of pyridine rings is 1. The largest absolute Gasteiger partial charge is 0.497 e. The molecule has 0 aliphatic carbocycles. The lowest BCUT2D eigenvalue weighted by Gasteiger charge is -2.26. The van der Waals surface area contributed by atoms with Gasteiger partial charge in [0.15, 0.2) is 5.11 Å². The number of hydrogen-bond donors (Lipinski definition) is 1. The summed E-state index contributed by atoms with van der Waals surface area (Å²) in [4.78, 5) is 6.64. The van der Waals surface area contributed by atoms with E-state index >= 15 is 0 Å². The quantitative estimate of drug-likeness (QED) is 0.191. The van der Waals surface area contributed by atoms with Crippen LogP contribution in [0.15, 0.2) is 108 Å². The number of nitrogens with one attached hydrogen (secondary N) is 1. The van der Waals surface area contributed by atoms with E-state index in [0.29, 0.717) is 38.2 Å². The Balaban J connectivity index is 1.34. The summed E-state index contributed by atoms with van der Waals surface area (Å²) in [6.07, 6.45) is 1.77. The lowest BCUT2D eigenvalue weighted by atomic mass is 10.0. The first-order valence-corrected chi connectivity index (χ1v) is 13.6.